The Morgan fingerprint density at radius 1 is 1.53 bits per heavy atom. The van der Waals surface area contributed by atoms with Gasteiger partial charge in [0.2, 0.25) is 0 Å². The minimum Gasteiger partial charge on any atom is -0.462 e. The molecule has 1 aromatic carbocycles. The van der Waals surface area contributed by atoms with Gasteiger partial charge in [0.1, 0.15) is 0 Å². The Morgan fingerprint density at radius 2 is 2.24 bits per heavy atom. The first-order valence-corrected chi connectivity index (χ1v) is 5.66. The van der Waals surface area contributed by atoms with E-state index >= 15 is 0 Å². The van der Waals surface area contributed by atoms with Crippen molar-refractivity contribution in [2.75, 3.05) is 12.3 Å². The molecule has 0 spiro atoms. The van der Waals surface area contributed by atoms with Crippen LogP contribution < -0.4 is 5.73 Å². The molecule has 0 aliphatic carbocycles. The summed E-state index contributed by atoms with van der Waals surface area (Å²) in [6, 6.07) is 3.36. The monoisotopic (exact) mass is 252 g/mol. The molecular weight excluding hydrogens is 240 g/mol. The van der Waals surface area contributed by atoms with E-state index in [-0.39, 0.29) is 5.97 Å². The third-order valence-corrected chi connectivity index (χ3v) is 2.78. The van der Waals surface area contributed by atoms with Crippen molar-refractivity contribution in [2.45, 2.75) is 13.8 Å². The fourth-order valence-corrected chi connectivity index (χ4v) is 2.14. The minimum absolute atomic E-state index is 0.332. The number of esters is 1. The number of hydrogen-bond acceptors (Lipinski definition) is 3. The second-order valence-corrected chi connectivity index (χ2v) is 4.20. The van der Waals surface area contributed by atoms with Crippen molar-refractivity contribution in [1.82, 2.24) is 4.98 Å². The van der Waals surface area contributed by atoms with E-state index in [1.54, 1.807) is 26.0 Å². The van der Waals surface area contributed by atoms with Crippen LogP contribution in [0, 0.1) is 6.92 Å². The third kappa shape index (κ3) is 1.96. The van der Waals surface area contributed by atoms with Crippen LogP contribution in [-0.2, 0) is 4.74 Å². The number of aromatic amines is 1. The van der Waals surface area contributed by atoms with Crippen LogP contribution in [0.5, 0.6) is 0 Å². The average molecular weight is 253 g/mol. The zero-order valence-electron chi connectivity index (χ0n) is 9.63. The zero-order chi connectivity index (χ0) is 12.6. The number of carbonyl (C=O) groups is 1. The average Bonchev–Trinajstić information content (AvgIpc) is 2.54. The van der Waals surface area contributed by atoms with Crippen molar-refractivity contribution >= 4 is 34.2 Å². The third-order valence-electron chi connectivity index (χ3n) is 2.56. The Morgan fingerprint density at radius 3 is 2.88 bits per heavy atom. The molecule has 0 aliphatic rings. The minimum atomic E-state index is -0.370. The second kappa shape index (κ2) is 4.30. The molecule has 1 heterocycles. The predicted molar refractivity (Wildman–Crippen MR) is 68.4 cm³/mol. The number of carbonyl (C=O) groups excluding carboxylic acids is 1. The highest BCUT2D eigenvalue weighted by Crippen LogP contribution is 2.31. The molecular formula is C12H13ClN2O2. The lowest BCUT2D eigenvalue weighted by Gasteiger charge is -2.03. The van der Waals surface area contributed by atoms with Gasteiger partial charge in [-0.25, -0.2) is 4.79 Å². The number of nitrogens with two attached hydrogens (primary N) is 1. The highest BCUT2D eigenvalue weighted by atomic mass is 35.5. The SMILES string of the molecule is CCOC(=O)c1c(C)[nH]c2cc(Cl)cc(N)c12. The Bertz CT molecular complexity index is 590. The van der Waals surface area contributed by atoms with Gasteiger partial charge in [-0.3, -0.25) is 0 Å². The number of aryl methyl sites for hydroxylation is 1. The summed E-state index contributed by atoms with van der Waals surface area (Å²) in [5.41, 5.74) is 8.32. The van der Waals surface area contributed by atoms with Crippen LogP contribution in [0.2, 0.25) is 5.02 Å². The van der Waals surface area contributed by atoms with Crippen LogP contribution in [-0.4, -0.2) is 17.6 Å². The topological polar surface area (TPSA) is 68.1 Å². The van der Waals surface area contributed by atoms with Gasteiger partial charge in [0.05, 0.1) is 17.7 Å². The molecule has 90 valence electrons. The summed E-state index contributed by atoms with van der Waals surface area (Å²) < 4.78 is 5.01. The van der Waals surface area contributed by atoms with Gasteiger partial charge in [0, 0.05) is 21.8 Å². The van der Waals surface area contributed by atoms with Gasteiger partial charge >= 0.3 is 5.97 Å². The van der Waals surface area contributed by atoms with E-state index in [1.807, 2.05) is 0 Å². The maximum Gasteiger partial charge on any atom is 0.340 e. The van der Waals surface area contributed by atoms with Crippen molar-refractivity contribution in [3.05, 3.63) is 28.4 Å². The van der Waals surface area contributed by atoms with Crippen LogP contribution >= 0.6 is 11.6 Å². The van der Waals surface area contributed by atoms with E-state index in [1.165, 1.54) is 0 Å². The van der Waals surface area contributed by atoms with Crippen LogP contribution in [0.1, 0.15) is 23.0 Å². The summed E-state index contributed by atoms with van der Waals surface area (Å²) in [5, 5.41) is 1.21. The molecule has 5 heteroatoms. The number of aromatic nitrogens is 1. The summed E-state index contributed by atoms with van der Waals surface area (Å²) in [6.07, 6.45) is 0. The molecule has 0 fully saturated rings. The van der Waals surface area contributed by atoms with Gasteiger partial charge in [-0.2, -0.15) is 0 Å². The van der Waals surface area contributed by atoms with Crippen LogP contribution in [0.15, 0.2) is 12.1 Å². The number of fused-ring (bicyclic) bond motifs is 1. The molecule has 0 bridgehead atoms. The summed E-state index contributed by atoms with van der Waals surface area (Å²) in [4.78, 5) is 14.9. The lowest BCUT2D eigenvalue weighted by atomic mass is 10.1. The van der Waals surface area contributed by atoms with Gasteiger partial charge in [0.25, 0.3) is 0 Å². The lowest BCUT2D eigenvalue weighted by molar-refractivity contribution is 0.0528. The molecule has 3 N–H and O–H groups in total. The summed E-state index contributed by atoms with van der Waals surface area (Å²) in [7, 11) is 0. The lowest BCUT2D eigenvalue weighted by Crippen LogP contribution is -2.06. The number of H-pyrrole nitrogens is 1. The first kappa shape index (κ1) is 11.8. The number of nitrogen functional groups attached to an aromatic ring is 1. The van der Waals surface area contributed by atoms with Crippen molar-refractivity contribution in [3.8, 4) is 0 Å². The van der Waals surface area contributed by atoms with E-state index < -0.39 is 0 Å². The number of anilines is 1. The number of hydrogen-bond donors (Lipinski definition) is 2. The van der Waals surface area contributed by atoms with Crippen LogP contribution in [0.25, 0.3) is 10.9 Å². The Balaban J connectivity index is 2.71. The van der Waals surface area contributed by atoms with E-state index in [4.69, 9.17) is 22.1 Å². The molecule has 17 heavy (non-hydrogen) atoms. The molecule has 2 aromatic rings. The van der Waals surface area contributed by atoms with Crippen LogP contribution in [0.3, 0.4) is 0 Å². The van der Waals surface area contributed by atoms with Gasteiger partial charge in [-0.05, 0) is 26.0 Å². The quantitative estimate of drug-likeness (QED) is 0.638. The van der Waals surface area contributed by atoms with E-state index in [9.17, 15) is 4.79 Å². The molecule has 0 radical (unpaired) electrons. The summed E-state index contributed by atoms with van der Waals surface area (Å²) in [6.45, 7) is 3.90. The largest absolute Gasteiger partial charge is 0.462 e. The molecule has 4 nitrogen and oxygen atoms in total. The number of benzene rings is 1. The number of nitrogens with one attached hydrogen (secondary N) is 1. The normalized spacial score (nSPS) is 10.8. The molecule has 0 saturated carbocycles. The molecule has 0 aliphatic heterocycles. The highest BCUT2D eigenvalue weighted by Gasteiger charge is 2.19. The maximum absolute atomic E-state index is 11.8. The van der Waals surface area contributed by atoms with Crippen LogP contribution in [0.4, 0.5) is 5.69 Å². The fourth-order valence-electron chi connectivity index (χ4n) is 1.92. The zero-order valence-corrected chi connectivity index (χ0v) is 10.4. The first-order chi connectivity index (χ1) is 8.04. The Kier molecular flexibility index (Phi) is 2.98. The molecule has 0 saturated heterocycles. The predicted octanol–water partition coefficient (Wildman–Crippen LogP) is 2.89. The molecule has 1 aromatic heterocycles. The van der Waals surface area contributed by atoms with E-state index in [0.717, 1.165) is 11.2 Å². The smallest absolute Gasteiger partial charge is 0.340 e. The van der Waals surface area contributed by atoms with Gasteiger partial charge < -0.3 is 15.5 Å². The summed E-state index contributed by atoms with van der Waals surface area (Å²) >= 11 is 5.91. The van der Waals surface area contributed by atoms with Gasteiger partial charge in [-0.1, -0.05) is 11.6 Å². The Hall–Kier alpha value is -1.68. The van der Waals surface area contributed by atoms with Crippen molar-refractivity contribution < 1.29 is 9.53 Å². The highest BCUT2D eigenvalue weighted by molar-refractivity contribution is 6.32. The van der Waals surface area contributed by atoms with Crippen molar-refractivity contribution in [1.29, 1.82) is 0 Å². The molecule has 2 rings (SSSR count). The van der Waals surface area contributed by atoms with Crippen molar-refractivity contribution in [3.63, 3.8) is 0 Å². The summed E-state index contributed by atoms with van der Waals surface area (Å²) in [5.74, 6) is -0.370. The maximum atomic E-state index is 11.8. The standard InChI is InChI=1S/C12H13ClN2O2/c1-3-17-12(16)10-6(2)15-9-5-7(13)4-8(14)11(9)10/h4-5,15H,3,14H2,1-2H3. The van der Waals surface area contributed by atoms with Gasteiger partial charge in [0.15, 0.2) is 0 Å². The molecule has 0 atom stereocenters. The first-order valence-electron chi connectivity index (χ1n) is 5.29. The number of rotatable bonds is 2. The molecule has 0 amide bonds. The number of halogens is 1. The number of ether oxygens (including phenoxy) is 1. The van der Waals surface area contributed by atoms with E-state index in [2.05, 4.69) is 4.98 Å². The Labute approximate surface area is 104 Å². The van der Waals surface area contributed by atoms with E-state index in [0.29, 0.717) is 28.3 Å². The molecule has 0 unspecified atom stereocenters. The van der Waals surface area contributed by atoms with Gasteiger partial charge in [-0.15, -0.1) is 0 Å². The fraction of sp³-hybridized carbons (Fsp3) is 0.250. The van der Waals surface area contributed by atoms with Crippen molar-refractivity contribution in [2.24, 2.45) is 0 Å². The second-order valence-electron chi connectivity index (χ2n) is 3.76.